The molecule has 0 saturated heterocycles. The van der Waals surface area contributed by atoms with E-state index in [0.29, 0.717) is 0 Å². The van der Waals surface area contributed by atoms with Crippen LogP contribution in [0.15, 0.2) is 12.7 Å². The predicted octanol–water partition coefficient (Wildman–Crippen LogP) is 1.46. The highest BCUT2D eigenvalue weighted by Gasteiger charge is 2.18. The quantitative estimate of drug-likeness (QED) is 0.464. The number of rotatable bonds is 3. The lowest BCUT2D eigenvalue weighted by Gasteiger charge is -2.00. The Kier molecular flexibility index (Phi) is 4.89. The Labute approximate surface area is 63.4 Å². The molecule has 0 heterocycles. The zero-order valence-electron chi connectivity index (χ0n) is 5.26. The van der Waals surface area contributed by atoms with Crippen LogP contribution < -0.4 is 0 Å². The van der Waals surface area contributed by atoms with Crippen molar-refractivity contribution in [3.8, 4) is 0 Å². The van der Waals surface area contributed by atoms with E-state index in [4.69, 9.17) is 13.8 Å². The second-order valence-electron chi connectivity index (χ2n) is 1.46. The summed E-state index contributed by atoms with van der Waals surface area (Å²) in [5, 5.41) is 0.751. The molecular weight excluding hydrogens is 154 g/mol. The van der Waals surface area contributed by atoms with E-state index in [-0.39, 0.29) is 0 Å². The summed E-state index contributed by atoms with van der Waals surface area (Å²) in [6.07, 6.45) is 1.12. The largest absolute Gasteiger partial charge is 0.681 e. The molecule has 4 heteroatoms. The maximum atomic E-state index is 10.4. The van der Waals surface area contributed by atoms with Crippen molar-refractivity contribution < 1.29 is 8.58 Å². The summed E-state index contributed by atoms with van der Waals surface area (Å²) in [5.41, 5.74) is 0. The molecule has 0 aliphatic heterocycles. The summed E-state index contributed by atoms with van der Waals surface area (Å²) >= 11 is -1.71. The normalized spacial score (nSPS) is 8.22. The van der Waals surface area contributed by atoms with Gasteiger partial charge in [-0.2, -0.15) is 0 Å². The molecule has 0 aliphatic rings. The van der Waals surface area contributed by atoms with Gasteiger partial charge in [-0.15, -0.1) is 0 Å². The maximum absolute atomic E-state index is 10.4. The summed E-state index contributed by atoms with van der Waals surface area (Å²) in [6.45, 7) is 5.13. The van der Waals surface area contributed by atoms with Gasteiger partial charge in [-0.25, -0.2) is 10.0 Å². The molecule has 50 valence electrons. The monoisotopic (exact) mass is 162 g/mol. The number of halogens is 1. The SMILES string of the molecule is C=CC(=O)[O][Al]([Cl])[CH2]C. The Hall–Kier alpha value is 0.0325. The third-order valence-corrected chi connectivity index (χ3v) is 3.05. The van der Waals surface area contributed by atoms with Crippen LogP contribution in [0, 0.1) is 0 Å². The van der Waals surface area contributed by atoms with Gasteiger partial charge < -0.3 is 3.79 Å². The molecule has 0 fully saturated rings. The molecule has 0 spiro atoms. The van der Waals surface area contributed by atoms with Crippen molar-refractivity contribution in [2.24, 2.45) is 0 Å². The molecule has 0 rings (SSSR count). The fourth-order valence-electron chi connectivity index (χ4n) is 0.257. The average molecular weight is 163 g/mol. The van der Waals surface area contributed by atoms with Crippen LogP contribution in [-0.4, -0.2) is 19.5 Å². The molecule has 9 heavy (non-hydrogen) atoms. The lowest BCUT2D eigenvalue weighted by Crippen LogP contribution is -2.13. The van der Waals surface area contributed by atoms with E-state index in [1.165, 1.54) is 0 Å². The van der Waals surface area contributed by atoms with Crippen LogP contribution in [0.4, 0.5) is 0 Å². The Morgan fingerprint density at radius 2 is 2.56 bits per heavy atom. The predicted molar refractivity (Wildman–Crippen MR) is 38.4 cm³/mol. The highest BCUT2D eigenvalue weighted by Crippen LogP contribution is 1.98. The van der Waals surface area contributed by atoms with Crippen molar-refractivity contribution >= 4 is 29.6 Å². The molecule has 2 nitrogen and oxygen atoms in total. The standard InChI is InChI=1S/C3H4O2.C2H5.Al.ClH/c1-2-3(4)5;1-2;;/h2H,1H2,(H,4,5);1H2,2H3;;1H/q;;+2;/p-2. The zero-order valence-corrected chi connectivity index (χ0v) is 7.17. The van der Waals surface area contributed by atoms with Crippen LogP contribution in [0.5, 0.6) is 0 Å². The summed E-state index contributed by atoms with van der Waals surface area (Å²) in [5.74, 6) is -0.413. The fourth-order valence-corrected chi connectivity index (χ4v) is 1.04. The molecule has 0 unspecified atom stereocenters. The van der Waals surface area contributed by atoms with Gasteiger partial charge in [0.05, 0.1) is 0 Å². The van der Waals surface area contributed by atoms with E-state index in [0.717, 1.165) is 11.4 Å². The van der Waals surface area contributed by atoms with E-state index in [9.17, 15) is 4.79 Å². The van der Waals surface area contributed by atoms with Crippen molar-refractivity contribution in [1.29, 1.82) is 0 Å². The minimum absolute atomic E-state index is 0.413. The van der Waals surface area contributed by atoms with Gasteiger partial charge in [0.15, 0.2) is 0 Å². The Morgan fingerprint density at radius 3 is 2.89 bits per heavy atom. The van der Waals surface area contributed by atoms with Crippen molar-refractivity contribution in [2.45, 2.75) is 12.2 Å². The molecular formula is C5H8AlClO2. The van der Waals surface area contributed by atoms with E-state index in [1.54, 1.807) is 0 Å². The van der Waals surface area contributed by atoms with Crippen LogP contribution >= 0.6 is 10.0 Å². The molecule has 0 aromatic heterocycles. The van der Waals surface area contributed by atoms with Crippen LogP contribution in [0.2, 0.25) is 5.28 Å². The van der Waals surface area contributed by atoms with E-state index >= 15 is 0 Å². The Balaban J connectivity index is 3.46. The first kappa shape index (κ1) is 9.03. The van der Waals surface area contributed by atoms with Gasteiger partial charge in [0.25, 0.3) is 5.97 Å². The third-order valence-electron chi connectivity index (χ3n) is 0.732. The lowest BCUT2D eigenvalue weighted by molar-refractivity contribution is -0.129. The minimum atomic E-state index is -1.71. The van der Waals surface area contributed by atoms with Gasteiger partial charge in [-0.05, 0) is 5.28 Å². The number of carbonyl (C=O) groups is 1. The lowest BCUT2D eigenvalue weighted by atomic mass is 10.7. The first-order valence-electron chi connectivity index (χ1n) is 2.67. The van der Waals surface area contributed by atoms with Gasteiger partial charge in [0.1, 0.15) is 0 Å². The summed E-state index contributed by atoms with van der Waals surface area (Å²) in [7, 11) is 5.59. The molecule has 0 bridgehead atoms. The average Bonchev–Trinajstić information content (AvgIpc) is 1.87. The minimum Gasteiger partial charge on any atom is -0.602 e. The van der Waals surface area contributed by atoms with Crippen molar-refractivity contribution in [1.82, 2.24) is 0 Å². The first-order chi connectivity index (χ1) is 4.20. The molecule has 0 amide bonds. The number of hydrogen-bond donors (Lipinski definition) is 0. The molecule has 0 aromatic carbocycles. The number of hydrogen-bond acceptors (Lipinski definition) is 2. The highest BCUT2D eigenvalue weighted by atomic mass is 35.6. The number of carbonyl (C=O) groups excluding carboxylic acids is 1. The molecule has 0 aliphatic carbocycles. The maximum Gasteiger partial charge on any atom is 0.681 e. The fraction of sp³-hybridized carbons (Fsp3) is 0.400. The topological polar surface area (TPSA) is 26.3 Å². The van der Waals surface area contributed by atoms with Crippen LogP contribution in [0.3, 0.4) is 0 Å². The summed E-state index contributed by atoms with van der Waals surface area (Å²) in [4.78, 5) is 10.4. The second-order valence-corrected chi connectivity index (χ2v) is 4.79. The van der Waals surface area contributed by atoms with Crippen LogP contribution in [-0.2, 0) is 8.58 Å². The van der Waals surface area contributed by atoms with Crippen molar-refractivity contribution in [2.75, 3.05) is 0 Å². The molecule has 0 N–H and O–H groups in total. The van der Waals surface area contributed by atoms with Crippen molar-refractivity contribution in [3.63, 3.8) is 0 Å². The van der Waals surface area contributed by atoms with Gasteiger partial charge in [0, 0.05) is 6.08 Å². The third kappa shape index (κ3) is 4.53. The molecule has 0 saturated carbocycles. The van der Waals surface area contributed by atoms with Gasteiger partial charge in [-0.1, -0.05) is 13.5 Å². The van der Waals surface area contributed by atoms with E-state index in [2.05, 4.69) is 6.58 Å². The van der Waals surface area contributed by atoms with Gasteiger partial charge >= 0.3 is 13.6 Å². The summed E-state index contributed by atoms with van der Waals surface area (Å²) in [6, 6.07) is 0. The van der Waals surface area contributed by atoms with Crippen LogP contribution in [0.25, 0.3) is 0 Å². The molecule has 0 radical (unpaired) electrons. The second kappa shape index (κ2) is 4.87. The zero-order chi connectivity index (χ0) is 7.28. The highest BCUT2D eigenvalue weighted by molar-refractivity contribution is 7.03. The van der Waals surface area contributed by atoms with Crippen LogP contribution in [0.1, 0.15) is 6.92 Å². The van der Waals surface area contributed by atoms with E-state index < -0.39 is 19.5 Å². The Morgan fingerprint density at radius 1 is 2.00 bits per heavy atom. The van der Waals surface area contributed by atoms with Crippen molar-refractivity contribution in [3.05, 3.63) is 12.7 Å². The summed E-state index contributed by atoms with van der Waals surface area (Å²) < 4.78 is 4.70. The molecule has 0 aromatic rings. The first-order valence-corrected chi connectivity index (χ1v) is 5.71. The van der Waals surface area contributed by atoms with E-state index in [1.807, 2.05) is 6.92 Å². The van der Waals surface area contributed by atoms with Gasteiger partial charge in [0.2, 0.25) is 0 Å². The smallest absolute Gasteiger partial charge is 0.602 e. The molecule has 0 atom stereocenters. The van der Waals surface area contributed by atoms with Gasteiger partial charge in [-0.3, -0.25) is 4.79 Å². The Bertz CT molecular complexity index is 116.